The Morgan fingerprint density at radius 1 is 1.23 bits per heavy atom. The first kappa shape index (κ1) is 19.2. The molecule has 7 heteroatoms. The first-order valence-corrected chi connectivity index (χ1v) is 8.11. The first-order valence-electron chi connectivity index (χ1n) is 7.74. The zero-order valence-corrected chi connectivity index (χ0v) is 14.9. The van der Waals surface area contributed by atoms with Gasteiger partial charge in [-0.15, -0.1) is 0 Å². The maximum Gasteiger partial charge on any atom is 0.329 e. The molecule has 2 N–H and O–H groups in total. The van der Waals surface area contributed by atoms with Gasteiger partial charge in [0.15, 0.2) is 0 Å². The Morgan fingerprint density at radius 3 is 2.77 bits per heavy atom. The topological polar surface area (TPSA) is 79.8 Å². The van der Waals surface area contributed by atoms with Crippen LogP contribution in [-0.2, 0) is 9.59 Å². The summed E-state index contributed by atoms with van der Waals surface area (Å²) in [5.41, 5.74) is 4.18. The molecule has 0 aliphatic carbocycles. The van der Waals surface area contributed by atoms with E-state index in [0.29, 0.717) is 28.6 Å². The summed E-state index contributed by atoms with van der Waals surface area (Å²) in [6.07, 6.45) is 3.05. The lowest BCUT2D eigenvalue weighted by molar-refractivity contribution is -0.136. The van der Waals surface area contributed by atoms with Crippen molar-refractivity contribution in [1.29, 1.82) is 0 Å². The van der Waals surface area contributed by atoms with Crippen LogP contribution in [0.2, 0.25) is 5.02 Å². The van der Waals surface area contributed by atoms with Crippen LogP contribution in [0.15, 0.2) is 60.2 Å². The van der Waals surface area contributed by atoms with Gasteiger partial charge in [0, 0.05) is 10.7 Å². The van der Waals surface area contributed by atoms with E-state index in [1.165, 1.54) is 6.21 Å². The third-order valence-corrected chi connectivity index (χ3v) is 3.65. The Morgan fingerprint density at radius 2 is 2.04 bits per heavy atom. The Bertz CT molecular complexity index is 850. The van der Waals surface area contributed by atoms with Crippen molar-refractivity contribution in [2.45, 2.75) is 6.92 Å². The Balaban J connectivity index is 1.90. The number of amides is 2. The summed E-state index contributed by atoms with van der Waals surface area (Å²) in [5.74, 6) is -1.09. The molecule has 2 amide bonds. The Labute approximate surface area is 156 Å². The molecule has 2 aromatic carbocycles. The standard InChI is InChI=1S/C19H18ClN3O3/c1-3-9-26-16-6-4-5-14(10-16)12-21-23-19(25)18(24)22-15-8-7-13(2)17(20)11-15/h3-8,10-12H,1,9H2,2H3,(H,22,24)(H,23,25)/b21-12-. The van der Waals surface area contributed by atoms with E-state index < -0.39 is 11.8 Å². The summed E-state index contributed by atoms with van der Waals surface area (Å²) in [6, 6.07) is 12.1. The summed E-state index contributed by atoms with van der Waals surface area (Å²) in [5, 5.41) is 6.72. The summed E-state index contributed by atoms with van der Waals surface area (Å²) in [6.45, 7) is 5.81. The molecule has 0 atom stereocenters. The number of benzene rings is 2. The van der Waals surface area contributed by atoms with Crippen molar-refractivity contribution in [3.05, 3.63) is 71.3 Å². The Hall–Kier alpha value is -3.12. The zero-order chi connectivity index (χ0) is 18.9. The van der Waals surface area contributed by atoms with Crippen molar-refractivity contribution >= 4 is 35.3 Å². The first-order chi connectivity index (χ1) is 12.5. The van der Waals surface area contributed by atoms with Gasteiger partial charge < -0.3 is 10.1 Å². The molecule has 0 radical (unpaired) electrons. The van der Waals surface area contributed by atoms with Gasteiger partial charge >= 0.3 is 11.8 Å². The molecule has 134 valence electrons. The number of anilines is 1. The van der Waals surface area contributed by atoms with Crippen LogP contribution < -0.4 is 15.5 Å². The number of nitrogens with one attached hydrogen (secondary N) is 2. The number of halogens is 1. The minimum Gasteiger partial charge on any atom is -0.490 e. The van der Waals surface area contributed by atoms with E-state index in [1.54, 1.807) is 48.5 Å². The average Bonchev–Trinajstić information content (AvgIpc) is 2.63. The van der Waals surface area contributed by atoms with Gasteiger partial charge in [-0.2, -0.15) is 5.10 Å². The molecule has 0 aliphatic heterocycles. The molecule has 0 spiro atoms. The SMILES string of the molecule is C=CCOc1cccc(/C=N\NC(=O)C(=O)Nc2ccc(C)c(Cl)c2)c1. The van der Waals surface area contributed by atoms with E-state index >= 15 is 0 Å². The molecule has 0 aromatic heterocycles. The number of rotatable bonds is 6. The van der Waals surface area contributed by atoms with E-state index in [1.807, 2.05) is 6.92 Å². The fourth-order valence-corrected chi connectivity index (χ4v) is 2.10. The molecule has 0 bridgehead atoms. The van der Waals surface area contributed by atoms with Crippen LogP contribution in [0, 0.1) is 6.92 Å². The number of nitrogens with zero attached hydrogens (tertiary/aromatic N) is 1. The highest BCUT2D eigenvalue weighted by atomic mass is 35.5. The highest BCUT2D eigenvalue weighted by Gasteiger charge is 2.13. The predicted octanol–water partition coefficient (Wildman–Crippen LogP) is 3.30. The van der Waals surface area contributed by atoms with Crippen molar-refractivity contribution < 1.29 is 14.3 Å². The predicted molar refractivity (Wildman–Crippen MR) is 103 cm³/mol. The second-order valence-electron chi connectivity index (χ2n) is 5.29. The molecule has 0 fully saturated rings. The normalized spacial score (nSPS) is 10.4. The highest BCUT2D eigenvalue weighted by molar-refractivity contribution is 6.39. The molecule has 0 heterocycles. The van der Waals surface area contributed by atoms with E-state index in [9.17, 15) is 9.59 Å². The zero-order valence-electron chi connectivity index (χ0n) is 14.2. The van der Waals surface area contributed by atoms with Gasteiger partial charge in [0.2, 0.25) is 0 Å². The number of carbonyl (C=O) groups is 2. The van der Waals surface area contributed by atoms with Crippen molar-refractivity contribution in [1.82, 2.24) is 5.43 Å². The van der Waals surface area contributed by atoms with Crippen LogP contribution in [0.5, 0.6) is 5.75 Å². The van der Waals surface area contributed by atoms with Crippen LogP contribution in [0.4, 0.5) is 5.69 Å². The van der Waals surface area contributed by atoms with E-state index in [2.05, 4.69) is 22.4 Å². The molecule has 6 nitrogen and oxygen atoms in total. The molecular weight excluding hydrogens is 354 g/mol. The van der Waals surface area contributed by atoms with Crippen LogP contribution in [-0.4, -0.2) is 24.6 Å². The fourth-order valence-electron chi connectivity index (χ4n) is 1.91. The van der Waals surface area contributed by atoms with E-state index in [4.69, 9.17) is 16.3 Å². The minimum absolute atomic E-state index is 0.389. The number of hydrazone groups is 1. The number of aryl methyl sites for hydroxylation is 1. The van der Waals surface area contributed by atoms with Crippen molar-refractivity contribution in [2.75, 3.05) is 11.9 Å². The largest absolute Gasteiger partial charge is 0.490 e. The summed E-state index contributed by atoms with van der Waals surface area (Å²) in [7, 11) is 0. The van der Waals surface area contributed by atoms with Crippen molar-refractivity contribution in [3.8, 4) is 5.75 Å². The third kappa shape index (κ3) is 5.75. The molecule has 26 heavy (non-hydrogen) atoms. The number of carbonyl (C=O) groups excluding carboxylic acids is 2. The monoisotopic (exact) mass is 371 g/mol. The number of hydrogen-bond donors (Lipinski definition) is 2. The molecule has 0 saturated heterocycles. The van der Waals surface area contributed by atoms with Gasteiger partial charge in [0.05, 0.1) is 6.21 Å². The Kier molecular flexibility index (Phi) is 6.93. The van der Waals surface area contributed by atoms with Gasteiger partial charge in [-0.3, -0.25) is 9.59 Å². The minimum atomic E-state index is -0.892. The summed E-state index contributed by atoms with van der Waals surface area (Å²) in [4.78, 5) is 23.6. The highest BCUT2D eigenvalue weighted by Crippen LogP contribution is 2.19. The van der Waals surface area contributed by atoms with Gasteiger partial charge in [-0.25, -0.2) is 5.43 Å². The number of ether oxygens (including phenoxy) is 1. The lowest BCUT2D eigenvalue weighted by atomic mass is 10.2. The maximum absolute atomic E-state index is 11.9. The van der Waals surface area contributed by atoms with Gasteiger partial charge in [0.1, 0.15) is 12.4 Å². The number of hydrogen-bond acceptors (Lipinski definition) is 4. The van der Waals surface area contributed by atoms with Gasteiger partial charge in [-0.1, -0.05) is 42.5 Å². The van der Waals surface area contributed by atoms with Crippen LogP contribution in [0.25, 0.3) is 0 Å². The second-order valence-corrected chi connectivity index (χ2v) is 5.70. The lowest BCUT2D eigenvalue weighted by Gasteiger charge is -2.06. The van der Waals surface area contributed by atoms with Crippen molar-refractivity contribution in [2.24, 2.45) is 5.10 Å². The van der Waals surface area contributed by atoms with Crippen LogP contribution >= 0.6 is 11.6 Å². The van der Waals surface area contributed by atoms with E-state index in [0.717, 1.165) is 5.56 Å². The lowest BCUT2D eigenvalue weighted by Crippen LogP contribution is -2.32. The summed E-state index contributed by atoms with van der Waals surface area (Å²) >= 11 is 5.98. The van der Waals surface area contributed by atoms with Gasteiger partial charge in [-0.05, 0) is 42.3 Å². The van der Waals surface area contributed by atoms with Crippen molar-refractivity contribution in [3.63, 3.8) is 0 Å². The summed E-state index contributed by atoms with van der Waals surface area (Å²) < 4.78 is 5.40. The third-order valence-electron chi connectivity index (χ3n) is 3.24. The van der Waals surface area contributed by atoms with Crippen LogP contribution in [0.3, 0.4) is 0 Å². The fraction of sp³-hybridized carbons (Fsp3) is 0.105. The molecule has 2 rings (SSSR count). The molecular formula is C19H18ClN3O3. The van der Waals surface area contributed by atoms with Crippen LogP contribution in [0.1, 0.15) is 11.1 Å². The quantitative estimate of drug-likeness (QED) is 0.354. The molecule has 0 saturated carbocycles. The second kappa shape index (κ2) is 9.39. The molecule has 0 aliphatic rings. The van der Waals surface area contributed by atoms with E-state index in [-0.39, 0.29) is 0 Å². The molecule has 0 unspecified atom stereocenters. The van der Waals surface area contributed by atoms with Gasteiger partial charge in [0.25, 0.3) is 0 Å². The average molecular weight is 372 g/mol. The smallest absolute Gasteiger partial charge is 0.329 e. The maximum atomic E-state index is 11.9. The molecule has 2 aromatic rings.